The first kappa shape index (κ1) is 39.6. The third-order valence-electron chi connectivity index (χ3n) is 8.91. The molecule has 284 valence electrons. The summed E-state index contributed by atoms with van der Waals surface area (Å²) in [6, 6.07) is 26.6. The van der Waals surface area contributed by atoms with E-state index in [0.29, 0.717) is 60.3 Å². The van der Waals surface area contributed by atoms with Crippen LogP contribution in [0.15, 0.2) is 97.1 Å². The standard InChI is InChI=1S/C45H51NO8/c1-5-6-7-10-27-51-35-18-20-36(21-19-35)54-44-41-30-38(23-24-39(41)40-25-22-37(49-4)31-42(40)46-44)53-43(47)26-15-33-13-16-34(17-14-33)50-28-11-8-9-12-29-52-45(48)32(2)3/h13-14,16-25,30-31H,2,5-12,15,26-29H2,1,3-4H3. The molecule has 1 heterocycles. The molecular formula is C45H51NO8. The highest BCUT2D eigenvalue weighted by molar-refractivity contribution is 6.08. The number of pyridine rings is 1. The highest BCUT2D eigenvalue weighted by Crippen LogP contribution is 2.37. The van der Waals surface area contributed by atoms with Crippen molar-refractivity contribution in [2.24, 2.45) is 0 Å². The molecule has 0 spiro atoms. The van der Waals surface area contributed by atoms with Crippen LogP contribution in [0, 0.1) is 0 Å². The molecule has 0 bridgehead atoms. The molecule has 0 radical (unpaired) electrons. The highest BCUT2D eigenvalue weighted by Gasteiger charge is 2.15. The molecule has 0 fully saturated rings. The fraction of sp³-hybridized carbons (Fsp3) is 0.356. The Bertz CT molecular complexity index is 1990. The number of unbranched alkanes of at least 4 members (excludes halogenated alkanes) is 6. The van der Waals surface area contributed by atoms with Crippen molar-refractivity contribution >= 4 is 33.6 Å². The molecular weight excluding hydrogens is 682 g/mol. The van der Waals surface area contributed by atoms with Gasteiger partial charge in [-0.15, -0.1) is 0 Å². The summed E-state index contributed by atoms with van der Waals surface area (Å²) in [6.45, 7) is 9.12. The molecule has 0 aliphatic heterocycles. The number of esters is 2. The molecule has 54 heavy (non-hydrogen) atoms. The Hall–Kier alpha value is -5.57. The fourth-order valence-electron chi connectivity index (χ4n) is 5.86. The minimum atomic E-state index is -0.338. The number of methoxy groups -OCH3 is 1. The number of hydrogen-bond acceptors (Lipinski definition) is 9. The van der Waals surface area contributed by atoms with E-state index in [0.717, 1.165) is 71.9 Å². The molecule has 0 aliphatic carbocycles. The Labute approximate surface area is 318 Å². The zero-order valence-corrected chi connectivity index (χ0v) is 31.7. The second-order valence-electron chi connectivity index (χ2n) is 13.3. The van der Waals surface area contributed by atoms with Gasteiger partial charge in [0.25, 0.3) is 0 Å². The van der Waals surface area contributed by atoms with Crippen molar-refractivity contribution in [1.29, 1.82) is 0 Å². The SMILES string of the molecule is C=C(C)C(=O)OCCCCCCOc1ccc(CCC(=O)Oc2ccc3c(c2)c(Oc2ccc(OCCCCCC)cc2)nc2cc(OC)ccc23)cc1. The van der Waals surface area contributed by atoms with Gasteiger partial charge in [0.15, 0.2) is 0 Å². The first-order valence-corrected chi connectivity index (χ1v) is 18.9. The molecule has 5 rings (SSSR count). The molecule has 9 nitrogen and oxygen atoms in total. The molecule has 0 amide bonds. The largest absolute Gasteiger partial charge is 0.497 e. The van der Waals surface area contributed by atoms with Gasteiger partial charge in [-0.25, -0.2) is 9.78 Å². The van der Waals surface area contributed by atoms with E-state index >= 15 is 0 Å². The van der Waals surface area contributed by atoms with E-state index in [9.17, 15) is 9.59 Å². The lowest BCUT2D eigenvalue weighted by atomic mass is 10.1. The molecule has 4 aromatic carbocycles. The summed E-state index contributed by atoms with van der Waals surface area (Å²) in [7, 11) is 1.62. The van der Waals surface area contributed by atoms with Crippen molar-refractivity contribution in [1.82, 2.24) is 4.98 Å². The van der Waals surface area contributed by atoms with Gasteiger partial charge in [0.05, 0.1) is 32.4 Å². The Morgan fingerprint density at radius 2 is 1.24 bits per heavy atom. The summed E-state index contributed by atoms with van der Waals surface area (Å²) in [6.07, 6.45) is 9.02. The van der Waals surface area contributed by atoms with Gasteiger partial charge >= 0.3 is 11.9 Å². The van der Waals surface area contributed by atoms with Gasteiger partial charge in [-0.3, -0.25) is 4.79 Å². The van der Waals surface area contributed by atoms with Crippen LogP contribution in [0.3, 0.4) is 0 Å². The molecule has 0 N–H and O–H groups in total. The molecule has 9 heteroatoms. The van der Waals surface area contributed by atoms with Crippen molar-refractivity contribution in [3.05, 3.63) is 103 Å². The minimum absolute atomic E-state index is 0.214. The van der Waals surface area contributed by atoms with Gasteiger partial charge in [0.2, 0.25) is 5.88 Å². The van der Waals surface area contributed by atoms with Crippen LogP contribution in [0.25, 0.3) is 21.7 Å². The zero-order valence-electron chi connectivity index (χ0n) is 31.7. The number of carbonyl (C=O) groups excluding carboxylic acids is 2. The van der Waals surface area contributed by atoms with Crippen LogP contribution < -0.4 is 23.7 Å². The monoisotopic (exact) mass is 733 g/mol. The fourth-order valence-corrected chi connectivity index (χ4v) is 5.86. The second kappa shape index (κ2) is 20.6. The average Bonchev–Trinajstić information content (AvgIpc) is 3.18. The van der Waals surface area contributed by atoms with Gasteiger partial charge in [-0.05, 0) is 123 Å². The third kappa shape index (κ3) is 12.0. The Balaban J connectivity index is 1.15. The molecule has 0 saturated carbocycles. The van der Waals surface area contributed by atoms with E-state index in [4.69, 9.17) is 33.4 Å². The van der Waals surface area contributed by atoms with Gasteiger partial charge in [-0.1, -0.05) is 44.9 Å². The maximum atomic E-state index is 13.0. The number of aromatic nitrogens is 1. The van der Waals surface area contributed by atoms with Crippen molar-refractivity contribution in [3.63, 3.8) is 0 Å². The summed E-state index contributed by atoms with van der Waals surface area (Å²) in [5, 5.41) is 2.55. The topological polar surface area (TPSA) is 102 Å². The van der Waals surface area contributed by atoms with E-state index in [-0.39, 0.29) is 18.4 Å². The molecule has 0 aliphatic rings. The van der Waals surface area contributed by atoms with Crippen LogP contribution in [0.1, 0.15) is 77.2 Å². The number of hydrogen-bond donors (Lipinski definition) is 0. The van der Waals surface area contributed by atoms with Gasteiger partial charge < -0.3 is 28.4 Å². The predicted molar refractivity (Wildman–Crippen MR) is 212 cm³/mol. The van der Waals surface area contributed by atoms with Crippen LogP contribution in [0.2, 0.25) is 0 Å². The molecule has 1 aromatic heterocycles. The van der Waals surface area contributed by atoms with E-state index in [1.54, 1.807) is 26.2 Å². The number of benzene rings is 4. The van der Waals surface area contributed by atoms with Crippen LogP contribution in [-0.2, 0) is 20.7 Å². The van der Waals surface area contributed by atoms with Gasteiger partial charge in [0.1, 0.15) is 28.7 Å². The summed E-state index contributed by atoms with van der Waals surface area (Å²) in [4.78, 5) is 29.3. The highest BCUT2D eigenvalue weighted by atomic mass is 16.5. The molecule has 0 saturated heterocycles. The number of rotatable bonds is 22. The number of carbonyl (C=O) groups is 2. The van der Waals surface area contributed by atoms with Crippen molar-refractivity contribution in [2.75, 3.05) is 26.9 Å². The van der Waals surface area contributed by atoms with Crippen molar-refractivity contribution < 1.29 is 38.0 Å². The smallest absolute Gasteiger partial charge is 0.333 e. The lowest BCUT2D eigenvalue weighted by Gasteiger charge is -2.13. The predicted octanol–water partition coefficient (Wildman–Crippen LogP) is 10.7. The summed E-state index contributed by atoms with van der Waals surface area (Å²) in [5.41, 5.74) is 2.15. The number of fused-ring (bicyclic) bond motifs is 3. The van der Waals surface area contributed by atoms with E-state index in [2.05, 4.69) is 13.5 Å². The molecule has 5 aromatic rings. The summed E-state index contributed by atoms with van der Waals surface area (Å²) >= 11 is 0. The van der Waals surface area contributed by atoms with Crippen LogP contribution in [0.5, 0.6) is 34.6 Å². The summed E-state index contributed by atoms with van der Waals surface area (Å²) in [5.74, 6) is 3.00. The van der Waals surface area contributed by atoms with Gasteiger partial charge in [0, 0.05) is 28.8 Å². The van der Waals surface area contributed by atoms with E-state index in [1.165, 1.54) is 12.8 Å². The van der Waals surface area contributed by atoms with Crippen molar-refractivity contribution in [2.45, 2.75) is 78.1 Å². The minimum Gasteiger partial charge on any atom is -0.497 e. The van der Waals surface area contributed by atoms with Crippen LogP contribution in [0.4, 0.5) is 0 Å². The molecule has 0 unspecified atom stereocenters. The summed E-state index contributed by atoms with van der Waals surface area (Å²) < 4.78 is 34.5. The van der Waals surface area contributed by atoms with Gasteiger partial charge in [-0.2, -0.15) is 0 Å². The lowest BCUT2D eigenvalue weighted by Crippen LogP contribution is -2.09. The third-order valence-corrected chi connectivity index (χ3v) is 8.91. The van der Waals surface area contributed by atoms with E-state index < -0.39 is 0 Å². The average molecular weight is 734 g/mol. The zero-order chi connectivity index (χ0) is 38.1. The Morgan fingerprint density at radius 1 is 0.648 bits per heavy atom. The van der Waals surface area contributed by atoms with Crippen molar-refractivity contribution in [3.8, 4) is 34.6 Å². The number of nitrogens with zero attached hydrogens (tertiary/aromatic N) is 1. The van der Waals surface area contributed by atoms with Crippen LogP contribution in [-0.4, -0.2) is 43.9 Å². The molecule has 0 atom stereocenters. The maximum Gasteiger partial charge on any atom is 0.333 e. The lowest BCUT2D eigenvalue weighted by molar-refractivity contribution is -0.139. The normalized spacial score (nSPS) is 10.9. The Morgan fingerprint density at radius 3 is 1.91 bits per heavy atom. The van der Waals surface area contributed by atoms with E-state index in [1.807, 2.05) is 72.8 Å². The first-order valence-electron chi connectivity index (χ1n) is 18.9. The van der Waals surface area contributed by atoms with Crippen LogP contribution >= 0.6 is 0 Å². The Kier molecular flexibility index (Phi) is 15.1. The first-order chi connectivity index (χ1) is 26.3. The quantitative estimate of drug-likeness (QED) is 0.0226. The number of aryl methyl sites for hydroxylation is 1. The number of ether oxygens (including phenoxy) is 6. The maximum absolute atomic E-state index is 13.0. The second-order valence-corrected chi connectivity index (χ2v) is 13.3.